The van der Waals surface area contributed by atoms with Crippen LogP contribution in [0.15, 0.2) is 48.7 Å². The maximum Gasteiger partial charge on any atom is 0.244 e. The van der Waals surface area contributed by atoms with E-state index < -0.39 is 0 Å². The molecule has 1 amide bonds. The molecule has 3 rings (SSSR count). The Hall–Kier alpha value is -2.53. The zero-order valence-electron chi connectivity index (χ0n) is 12.3. The summed E-state index contributed by atoms with van der Waals surface area (Å²) in [5, 5.41) is 4.02. The Bertz CT molecular complexity index is 876. The molecule has 0 radical (unpaired) electrons. The molecule has 118 valence electrons. The second-order valence-corrected chi connectivity index (χ2v) is 5.48. The fraction of sp³-hybridized carbons (Fsp3) is 0.118. The number of carbonyl (C=O) groups excluding carboxylic acids is 1. The van der Waals surface area contributed by atoms with E-state index in [0.29, 0.717) is 16.5 Å². The van der Waals surface area contributed by atoms with Crippen LogP contribution in [0.5, 0.6) is 5.75 Å². The van der Waals surface area contributed by atoms with Crippen LogP contribution in [0.1, 0.15) is 0 Å². The number of nitrogens with one attached hydrogen (secondary N) is 1. The van der Waals surface area contributed by atoms with Gasteiger partial charge in [-0.2, -0.15) is 0 Å². The first-order valence-electron chi connectivity index (χ1n) is 6.94. The van der Waals surface area contributed by atoms with Crippen molar-refractivity contribution in [2.24, 2.45) is 0 Å². The van der Waals surface area contributed by atoms with Crippen molar-refractivity contribution in [3.8, 4) is 5.75 Å². The van der Waals surface area contributed by atoms with Crippen LogP contribution in [0, 0.1) is 5.82 Å². The number of anilines is 1. The molecule has 1 aromatic heterocycles. The number of hydrogen-bond donors (Lipinski definition) is 1. The number of ether oxygens (including phenoxy) is 1. The lowest BCUT2D eigenvalue weighted by molar-refractivity contribution is -0.116. The van der Waals surface area contributed by atoms with Crippen molar-refractivity contribution >= 4 is 34.1 Å². The molecule has 0 spiro atoms. The minimum atomic E-state index is -0.302. The average Bonchev–Trinajstić information content (AvgIpc) is 2.89. The van der Waals surface area contributed by atoms with Gasteiger partial charge in [-0.3, -0.25) is 4.79 Å². The number of amides is 1. The van der Waals surface area contributed by atoms with E-state index in [0.717, 1.165) is 10.9 Å². The summed E-state index contributed by atoms with van der Waals surface area (Å²) in [5.74, 6) is -0.00191. The third-order valence-electron chi connectivity index (χ3n) is 3.48. The SMILES string of the molecule is COc1ccc(Cl)cc1NC(=O)Cn1ccc2cc(F)ccc21. The molecule has 2 aromatic carbocycles. The maximum atomic E-state index is 13.2. The molecular formula is C17H14ClFN2O2. The Labute approximate surface area is 137 Å². The Morgan fingerprint density at radius 2 is 2.09 bits per heavy atom. The highest BCUT2D eigenvalue weighted by atomic mass is 35.5. The van der Waals surface area contributed by atoms with Gasteiger partial charge in [-0.15, -0.1) is 0 Å². The molecule has 0 aliphatic heterocycles. The first-order valence-corrected chi connectivity index (χ1v) is 7.32. The van der Waals surface area contributed by atoms with Gasteiger partial charge >= 0.3 is 0 Å². The van der Waals surface area contributed by atoms with Crippen molar-refractivity contribution in [3.05, 3.63) is 59.5 Å². The molecule has 1 N–H and O–H groups in total. The highest BCUT2D eigenvalue weighted by Gasteiger charge is 2.10. The lowest BCUT2D eigenvalue weighted by atomic mass is 10.2. The minimum Gasteiger partial charge on any atom is -0.495 e. The van der Waals surface area contributed by atoms with Gasteiger partial charge in [-0.05, 0) is 42.5 Å². The second-order valence-electron chi connectivity index (χ2n) is 5.04. The number of fused-ring (bicyclic) bond motifs is 1. The zero-order chi connectivity index (χ0) is 16.4. The van der Waals surface area contributed by atoms with Crippen molar-refractivity contribution in [1.29, 1.82) is 0 Å². The van der Waals surface area contributed by atoms with Crippen molar-refractivity contribution in [3.63, 3.8) is 0 Å². The molecule has 23 heavy (non-hydrogen) atoms. The number of aromatic nitrogens is 1. The summed E-state index contributed by atoms with van der Waals surface area (Å²) in [6.45, 7) is 0.102. The Kier molecular flexibility index (Phi) is 4.21. The van der Waals surface area contributed by atoms with E-state index in [1.54, 1.807) is 41.1 Å². The predicted molar refractivity (Wildman–Crippen MR) is 88.5 cm³/mol. The lowest BCUT2D eigenvalue weighted by Gasteiger charge is -2.11. The summed E-state index contributed by atoms with van der Waals surface area (Å²) in [6.07, 6.45) is 1.75. The number of methoxy groups -OCH3 is 1. The third-order valence-corrected chi connectivity index (χ3v) is 3.72. The van der Waals surface area contributed by atoms with Crippen LogP contribution < -0.4 is 10.1 Å². The molecule has 0 unspecified atom stereocenters. The Balaban J connectivity index is 1.80. The zero-order valence-corrected chi connectivity index (χ0v) is 13.1. The monoisotopic (exact) mass is 332 g/mol. The van der Waals surface area contributed by atoms with Gasteiger partial charge in [0.25, 0.3) is 0 Å². The summed E-state index contributed by atoms with van der Waals surface area (Å²) in [7, 11) is 1.52. The Morgan fingerprint density at radius 3 is 2.87 bits per heavy atom. The van der Waals surface area contributed by atoms with Gasteiger partial charge in [0.1, 0.15) is 18.1 Å². The summed E-state index contributed by atoms with van der Waals surface area (Å²) in [5.41, 5.74) is 1.30. The molecule has 0 atom stereocenters. The number of hydrogen-bond acceptors (Lipinski definition) is 2. The van der Waals surface area contributed by atoms with Crippen molar-refractivity contribution in [2.45, 2.75) is 6.54 Å². The van der Waals surface area contributed by atoms with E-state index >= 15 is 0 Å². The smallest absolute Gasteiger partial charge is 0.244 e. The van der Waals surface area contributed by atoms with Crippen LogP contribution >= 0.6 is 11.6 Å². The molecule has 0 saturated heterocycles. The second kappa shape index (κ2) is 6.30. The van der Waals surface area contributed by atoms with Gasteiger partial charge in [-0.25, -0.2) is 4.39 Å². The normalized spacial score (nSPS) is 10.7. The standard InChI is InChI=1S/C17H14ClFN2O2/c1-23-16-5-2-12(18)9-14(16)20-17(22)10-21-7-6-11-8-13(19)3-4-15(11)21/h2-9H,10H2,1H3,(H,20,22). The van der Waals surface area contributed by atoms with Gasteiger partial charge in [0.15, 0.2) is 0 Å². The van der Waals surface area contributed by atoms with Crippen LogP contribution in [-0.2, 0) is 11.3 Å². The molecule has 3 aromatic rings. The maximum absolute atomic E-state index is 13.2. The van der Waals surface area contributed by atoms with E-state index in [4.69, 9.17) is 16.3 Å². The van der Waals surface area contributed by atoms with Crippen molar-refractivity contribution in [2.75, 3.05) is 12.4 Å². The van der Waals surface area contributed by atoms with Crippen LogP contribution in [0.4, 0.5) is 10.1 Å². The fourth-order valence-electron chi connectivity index (χ4n) is 2.43. The van der Waals surface area contributed by atoms with Gasteiger partial charge in [0, 0.05) is 22.1 Å². The van der Waals surface area contributed by atoms with Crippen molar-refractivity contribution in [1.82, 2.24) is 4.57 Å². The average molecular weight is 333 g/mol. The van der Waals surface area contributed by atoms with Gasteiger partial charge in [0.05, 0.1) is 12.8 Å². The molecule has 0 aliphatic rings. The quantitative estimate of drug-likeness (QED) is 0.782. The summed E-state index contributed by atoms with van der Waals surface area (Å²) >= 11 is 5.95. The molecule has 0 saturated carbocycles. The molecule has 0 aliphatic carbocycles. The number of carbonyl (C=O) groups is 1. The van der Waals surface area contributed by atoms with E-state index in [9.17, 15) is 9.18 Å². The molecular weight excluding hydrogens is 319 g/mol. The van der Waals surface area contributed by atoms with Crippen LogP contribution in [-0.4, -0.2) is 17.6 Å². The van der Waals surface area contributed by atoms with E-state index in [2.05, 4.69) is 5.32 Å². The Morgan fingerprint density at radius 1 is 1.26 bits per heavy atom. The molecule has 0 fully saturated rings. The van der Waals surface area contributed by atoms with E-state index in [-0.39, 0.29) is 18.3 Å². The summed E-state index contributed by atoms with van der Waals surface area (Å²) in [6, 6.07) is 11.2. The van der Waals surface area contributed by atoms with Gasteiger partial charge in [-0.1, -0.05) is 11.6 Å². The first kappa shape index (κ1) is 15.4. The van der Waals surface area contributed by atoms with Crippen LogP contribution in [0.25, 0.3) is 10.9 Å². The molecule has 0 bridgehead atoms. The number of benzene rings is 2. The van der Waals surface area contributed by atoms with Gasteiger partial charge < -0.3 is 14.6 Å². The molecule has 4 nitrogen and oxygen atoms in total. The molecule has 6 heteroatoms. The summed E-state index contributed by atoms with van der Waals surface area (Å²) in [4.78, 5) is 12.3. The largest absolute Gasteiger partial charge is 0.495 e. The van der Waals surface area contributed by atoms with Gasteiger partial charge in [0.2, 0.25) is 5.91 Å². The number of nitrogens with zero attached hydrogens (tertiary/aromatic N) is 1. The fourth-order valence-corrected chi connectivity index (χ4v) is 2.60. The number of rotatable bonds is 4. The number of halogens is 2. The van der Waals surface area contributed by atoms with Crippen LogP contribution in [0.2, 0.25) is 5.02 Å². The van der Waals surface area contributed by atoms with E-state index in [1.165, 1.54) is 19.2 Å². The lowest BCUT2D eigenvalue weighted by Crippen LogP contribution is -2.18. The minimum absolute atomic E-state index is 0.102. The van der Waals surface area contributed by atoms with Crippen molar-refractivity contribution < 1.29 is 13.9 Å². The predicted octanol–water partition coefficient (Wildman–Crippen LogP) is 4.08. The molecule has 1 heterocycles. The highest BCUT2D eigenvalue weighted by Crippen LogP contribution is 2.27. The van der Waals surface area contributed by atoms with E-state index in [1.807, 2.05) is 0 Å². The first-order chi connectivity index (χ1) is 11.1. The topological polar surface area (TPSA) is 43.3 Å². The van der Waals surface area contributed by atoms with Crippen LogP contribution in [0.3, 0.4) is 0 Å². The third kappa shape index (κ3) is 3.29. The highest BCUT2D eigenvalue weighted by molar-refractivity contribution is 6.31. The summed E-state index contributed by atoms with van der Waals surface area (Å²) < 4.78 is 20.2.